The van der Waals surface area contributed by atoms with Crippen molar-refractivity contribution in [2.75, 3.05) is 10.2 Å². The maximum absolute atomic E-state index is 14.0. The Morgan fingerprint density at radius 1 is 0.969 bits per heavy atom. The molecule has 1 aliphatic heterocycles. The summed E-state index contributed by atoms with van der Waals surface area (Å²) in [5.41, 5.74) is 4.57. The van der Waals surface area contributed by atoms with Crippen molar-refractivity contribution in [3.63, 3.8) is 0 Å². The Morgan fingerprint density at radius 3 is 2.41 bits per heavy atom. The number of Topliss-reactive ketones (excluding diaryl/α,β-unsaturated/α-hetero) is 1. The van der Waals surface area contributed by atoms with Gasteiger partial charge in [-0.15, -0.1) is 0 Å². The van der Waals surface area contributed by atoms with Gasteiger partial charge in [0.05, 0.1) is 11.4 Å². The molecular formula is C27H27N3O2. The molecule has 0 saturated carbocycles. The Hall–Kier alpha value is -3.60. The predicted octanol–water partition coefficient (Wildman–Crippen LogP) is 5.48. The van der Waals surface area contributed by atoms with E-state index in [-0.39, 0.29) is 17.1 Å². The number of nitrogens with zero attached hydrogens (tertiary/aromatic N) is 2. The van der Waals surface area contributed by atoms with Crippen molar-refractivity contribution in [3.05, 3.63) is 95.5 Å². The van der Waals surface area contributed by atoms with E-state index in [4.69, 9.17) is 0 Å². The molecule has 1 atom stereocenters. The number of carbonyl (C=O) groups is 2. The normalized spacial score (nSPS) is 19.7. The Labute approximate surface area is 188 Å². The summed E-state index contributed by atoms with van der Waals surface area (Å²) in [7, 11) is 1.96. The van der Waals surface area contributed by atoms with Crippen LogP contribution in [0.4, 0.5) is 11.4 Å². The van der Waals surface area contributed by atoms with Crippen LogP contribution in [0, 0.1) is 5.41 Å². The average molecular weight is 426 g/mol. The lowest BCUT2D eigenvalue weighted by Crippen LogP contribution is -2.40. The first kappa shape index (κ1) is 20.3. The first-order valence-electron chi connectivity index (χ1n) is 11.0. The third kappa shape index (κ3) is 3.34. The molecule has 2 aliphatic rings. The molecule has 0 spiro atoms. The van der Waals surface area contributed by atoms with Gasteiger partial charge in [0, 0.05) is 42.2 Å². The van der Waals surface area contributed by atoms with Crippen molar-refractivity contribution in [3.8, 4) is 0 Å². The molecule has 162 valence electrons. The van der Waals surface area contributed by atoms with Gasteiger partial charge in [-0.1, -0.05) is 44.2 Å². The zero-order valence-corrected chi connectivity index (χ0v) is 18.6. The number of ketones is 1. The maximum atomic E-state index is 14.0. The van der Waals surface area contributed by atoms with Gasteiger partial charge in [-0.2, -0.15) is 0 Å². The molecule has 1 amide bonds. The molecule has 0 radical (unpaired) electrons. The van der Waals surface area contributed by atoms with E-state index in [0.717, 1.165) is 29.2 Å². The number of amides is 1. The highest BCUT2D eigenvalue weighted by molar-refractivity contribution is 6.11. The van der Waals surface area contributed by atoms with E-state index >= 15 is 0 Å². The van der Waals surface area contributed by atoms with Gasteiger partial charge < -0.3 is 9.88 Å². The zero-order valence-electron chi connectivity index (χ0n) is 18.6. The van der Waals surface area contributed by atoms with Crippen LogP contribution in [0.2, 0.25) is 0 Å². The SMILES string of the molecule is Cn1cccc1[C@H]1C2=C(CC(C)(C)CC2=O)Nc2ccccc2N1C(=O)c1ccccc1. The number of allylic oxidation sites excluding steroid dienone is 1. The maximum Gasteiger partial charge on any atom is 0.259 e. The third-order valence-corrected chi connectivity index (χ3v) is 6.40. The standard InChI is InChI=1S/C27H27N3O2/c1-27(2)16-20-24(23(31)17-27)25(22-14-9-15-29(22)3)30(21-13-8-7-12-19(21)28-20)26(32)18-10-5-4-6-11-18/h4-15,25,28H,16-17H2,1-3H3/t25-/m0/s1. The van der Waals surface area contributed by atoms with Crippen LogP contribution in [0.5, 0.6) is 0 Å². The van der Waals surface area contributed by atoms with Crippen LogP contribution in [0.1, 0.15) is 48.8 Å². The first-order valence-corrected chi connectivity index (χ1v) is 11.0. The number of hydrogen-bond donors (Lipinski definition) is 1. The molecule has 0 unspecified atom stereocenters. The molecule has 2 aromatic carbocycles. The van der Waals surface area contributed by atoms with E-state index < -0.39 is 6.04 Å². The number of benzene rings is 2. The zero-order chi connectivity index (χ0) is 22.5. The quantitative estimate of drug-likeness (QED) is 0.591. The number of aryl methyl sites for hydroxylation is 1. The van der Waals surface area contributed by atoms with Crippen LogP contribution in [0.25, 0.3) is 0 Å². The van der Waals surface area contributed by atoms with Crippen molar-refractivity contribution in [2.24, 2.45) is 12.5 Å². The molecule has 0 bridgehead atoms. The Bertz CT molecular complexity index is 1240. The molecule has 1 aliphatic carbocycles. The highest BCUT2D eigenvalue weighted by Gasteiger charge is 2.44. The van der Waals surface area contributed by atoms with Crippen molar-refractivity contribution in [2.45, 2.75) is 32.7 Å². The summed E-state index contributed by atoms with van der Waals surface area (Å²) in [6.45, 7) is 4.25. The summed E-state index contributed by atoms with van der Waals surface area (Å²) in [4.78, 5) is 29.4. The number of para-hydroxylation sites is 2. The average Bonchev–Trinajstić information content (AvgIpc) is 3.12. The van der Waals surface area contributed by atoms with Gasteiger partial charge >= 0.3 is 0 Å². The van der Waals surface area contributed by atoms with Gasteiger partial charge in [-0.25, -0.2) is 0 Å². The van der Waals surface area contributed by atoms with Gasteiger partial charge in [0.1, 0.15) is 6.04 Å². The Morgan fingerprint density at radius 2 is 1.69 bits per heavy atom. The van der Waals surface area contributed by atoms with Crippen LogP contribution in [-0.2, 0) is 11.8 Å². The van der Waals surface area contributed by atoms with Crippen molar-refractivity contribution >= 4 is 23.1 Å². The molecule has 0 saturated heterocycles. The summed E-state index contributed by atoms with van der Waals surface area (Å²) < 4.78 is 2.00. The Kier molecular flexibility index (Phi) is 4.77. The number of aromatic nitrogens is 1. The van der Waals surface area contributed by atoms with E-state index in [0.29, 0.717) is 17.6 Å². The molecule has 1 aromatic heterocycles. The van der Waals surface area contributed by atoms with Gasteiger partial charge in [0.2, 0.25) is 0 Å². The number of nitrogens with one attached hydrogen (secondary N) is 1. The lowest BCUT2D eigenvalue weighted by Gasteiger charge is -2.37. The van der Waals surface area contributed by atoms with Crippen LogP contribution in [0.15, 0.2) is 84.2 Å². The van der Waals surface area contributed by atoms with Gasteiger partial charge in [0.15, 0.2) is 5.78 Å². The summed E-state index contributed by atoms with van der Waals surface area (Å²) >= 11 is 0. The van der Waals surface area contributed by atoms with Crippen molar-refractivity contribution < 1.29 is 9.59 Å². The molecule has 0 fully saturated rings. The smallest absolute Gasteiger partial charge is 0.259 e. The molecule has 3 aromatic rings. The number of anilines is 2. The predicted molar refractivity (Wildman–Crippen MR) is 127 cm³/mol. The first-order chi connectivity index (χ1) is 15.4. The summed E-state index contributed by atoms with van der Waals surface area (Å²) in [5.74, 6) is -0.0361. The lowest BCUT2D eigenvalue weighted by molar-refractivity contribution is -0.118. The van der Waals surface area contributed by atoms with E-state index in [1.807, 2.05) is 84.5 Å². The molecule has 5 rings (SSSR count). The minimum absolute atomic E-state index is 0.0913. The fourth-order valence-electron chi connectivity index (χ4n) is 4.97. The largest absolute Gasteiger partial charge is 0.357 e. The van der Waals surface area contributed by atoms with E-state index in [9.17, 15) is 9.59 Å². The molecule has 32 heavy (non-hydrogen) atoms. The van der Waals surface area contributed by atoms with Crippen LogP contribution in [-0.4, -0.2) is 16.3 Å². The van der Waals surface area contributed by atoms with Crippen molar-refractivity contribution in [1.29, 1.82) is 0 Å². The van der Waals surface area contributed by atoms with Crippen LogP contribution in [0.3, 0.4) is 0 Å². The molecule has 5 nitrogen and oxygen atoms in total. The fourth-order valence-corrected chi connectivity index (χ4v) is 4.97. The van der Waals surface area contributed by atoms with E-state index in [1.54, 1.807) is 4.90 Å². The molecule has 5 heteroatoms. The Balaban J connectivity index is 1.80. The second kappa shape index (κ2) is 7.52. The minimum atomic E-state index is -0.516. The third-order valence-electron chi connectivity index (χ3n) is 6.40. The summed E-state index contributed by atoms with van der Waals surface area (Å²) in [6, 6.07) is 20.5. The number of rotatable bonds is 2. The highest BCUT2D eigenvalue weighted by Crippen LogP contribution is 2.48. The monoisotopic (exact) mass is 425 g/mol. The second-order valence-electron chi connectivity index (χ2n) is 9.46. The number of hydrogen-bond acceptors (Lipinski definition) is 3. The number of fused-ring (bicyclic) bond motifs is 1. The van der Waals surface area contributed by atoms with Crippen LogP contribution >= 0.6 is 0 Å². The summed E-state index contributed by atoms with van der Waals surface area (Å²) in [5, 5.41) is 3.55. The molecular weight excluding hydrogens is 398 g/mol. The van der Waals surface area contributed by atoms with E-state index in [2.05, 4.69) is 19.2 Å². The molecule has 1 N–H and O–H groups in total. The van der Waals surface area contributed by atoms with Gasteiger partial charge in [0.25, 0.3) is 5.91 Å². The minimum Gasteiger partial charge on any atom is -0.357 e. The van der Waals surface area contributed by atoms with Gasteiger partial charge in [-0.3, -0.25) is 14.5 Å². The van der Waals surface area contributed by atoms with Crippen molar-refractivity contribution in [1.82, 2.24) is 4.57 Å². The highest BCUT2D eigenvalue weighted by atomic mass is 16.2. The van der Waals surface area contributed by atoms with Gasteiger partial charge in [-0.05, 0) is 48.2 Å². The molecule has 2 heterocycles. The lowest BCUT2D eigenvalue weighted by atomic mass is 9.73. The number of carbonyl (C=O) groups excluding carboxylic acids is 2. The second-order valence-corrected chi connectivity index (χ2v) is 9.46. The van der Waals surface area contributed by atoms with E-state index in [1.165, 1.54) is 0 Å². The fraction of sp³-hybridized carbons (Fsp3) is 0.259. The summed E-state index contributed by atoms with van der Waals surface area (Å²) in [6.07, 6.45) is 3.16. The topological polar surface area (TPSA) is 54.3 Å². The van der Waals surface area contributed by atoms with Crippen LogP contribution < -0.4 is 10.2 Å².